The number of benzene rings is 1. The number of hydrogen-bond donors (Lipinski definition) is 2. The molecule has 0 spiro atoms. The Balaban J connectivity index is 1.84. The number of thiazole rings is 1. The van der Waals surface area contributed by atoms with Crippen molar-refractivity contribution in [2.75, 3.05) is 18.9 Å². The zero-order chi connectivity index (χ0) is 25.3. The van der Waals surface area contributed by atoms with Gasteiger partial charge in [0.1, 0.15) is 11.9 Å². The minimum Gasteiger partial charge on any atom is -0.480 e. The standard InChI is InChI=1S/C21H20ClFN4O6S2/c1-2-33-21(30)17-15-8-12(26-35(31,32)10-16(28)29)9-27(15)19(20-24-5-6-34-20)25-18(17)13-4-3-11(23)7-14(13)22/h3-7,12,18,26H,2,8-10H2,1H3,(H,28,29)/t12-,18-/m0/s1. The summed E-state index contributed by atoms with van der Waals surface area (Å²) in [6.07, 6.45) is 1.64. The smallest absolute Gasteiger partial charge is 0.338 e. The topological polar surface area (TPSA) is 138 Å². The number of sulfonamides is 1. The van der Waals surface area contributed by atoms with E-state index < -0.39 is 45.6 Å². The molecule has 1 aromatic heterocycles. The fourth-order valence-corrected chi connectivity index (χ4v) is 6.04. The first-order valence-corrected chi connectivity index (χ1v) is 13.3. The molecular weight excluding hydrogens is 523 g/mol. The van der Waals surface area contributed by atoms with Crippen LogP contribution in [-0.4, -0.2) is 66.1 Å². The number of carbonyl (C=O) groups excluding carboxylic acids is 1. The first kappa shape index (κ1) is 25.2. The van der Waals surface area contributed by atoms with Gasteiger partial charge in [0.05, 0.1) is 12.2 Å². The number of hydrogen-bond acceptors (Lipinski definition) is 9. The highest BCUT2D eigenvalue weighted by molar-refractivity contribution is 7.90. The second-order valence-corrected chi connectivity index (χ2v) is 10.8. The lowest BCUT2D eigenvalue weighted by molar-refractivity contribution is -0.139. The molecule has 0 amide bonds. The number of aliphatic carboxylic acids is 1. The number of fused-ring (bicyclic) bond motifs is 1. The highest BCUT2D eigenvalue weighted by Crippen LogP contribution is 2.42. The van der Waals surface area contributed by atoms with Gasteiger partial charge >= 0.3 is 11.9 Å². The molecule has 0 radical (unpaired) electrons. The van der Waals surface area contributed by atoms with Crippen molar-refractivity contribution in [2.24, 2.45) is 4.99 Å². The number of carbonyl (C=O) groups is 2. The van der Waals surface area contributed by atoms with E-state index in [0.29, 0.717) is 22.1 Å². The monoisotopic (exact) mass is 542 g/mol. The van der Waals surface area contributed by atoms with Crippen molar-refractivity contribution in [3.8, 4) is 0 Å². The van der Waals surface area contributed by atoms with Crippen LogP contribution in [0.15, 0.2) is 46.0 Å². The number of halogens is 2. The van der Waals surface area contributed by atoms with Gasteiger partial charge in [-0.05, 0) is 19.1 Å². The number of amidine groups is 1. The number of rotatable bonds is 8. The van der Waals surface area contributed by atoms with E-state index in [1.54, 1.807) is 23.4 Å². The van der Waals surface area contributed by atoms with Gasteiger partial charge in [0.2, 0.25) is 10.0 Å². The lowest BCUT2D eigenvalue weighted by atomic mass is 9.94. The maximum Gasteiger partial charge on any atom is 0.338 e. The van der Waals surface area contributed by atoms with Crippen LogP contribution in [0.25, 0.3) is 0 Å². The summed E-state index contributed by atoms with van der Waals surface area (Å²) in [6, 6.07) is 2.06. The molecule has 2 atom stereocenters. The first-order chi connectivity index (χ1) is 16.6. The van der Waals surface area contributed by atoms with Crippen LogP contribution in [0.4, 0.5) is 4.39 Å². The zero-order valence-corrected chi connectivity index (χ0v) is 20.7. The van der Waals surface area contributed by atoms with Gasteiger partial charge in [-0.2, -0.15) is 0 Å². The summed E-state index contributed by atoms with van der Waals surface area (Å²) in [5.74, 6) is -3.42. The number of aromatic nitrogens is 1. The fourth-order valence-electron chi connectivity index (χ4n) is 4.05. The number of ether oxygens (including phenoxy) is 1. The Bertz CT molecular complexity index is 1330. The molecule has 0 saturated carbocycles. The molecule has 0 unspecified atom stereocenters. The summed E-state index contributed by atoms with van der Waals surface area (Å²) >= 11 is 7.63. The van der Waals surface area contributed by atoms with Gasteiger partial charge in [-0.15, -0.1) is 11.3 Å². The fraction of sp³-hybridized carbons (Fsp3) is 0.333. The predicted octanol–water partition coefficient (Wildman–Crippen LogP) is 2.33. The Labute approximate surface area is 209 Å². The quantitative estimate of drug-likeness (QED) is 0.485. The highest BCUT2D eigenvalue weighted by Gasteiger charge is 2.43. The first-order valence-electron chi connectivity index (χ1n) is 10.4. The maximum absolute atomic E-state index is 13.8. The molecule has 10 nitrogen and oxygen atoms in total. The summed E-state index contributed by atoms with van der Waals surface area (Å²) in [5, 5.41) is 11.2. The normalized spacial score (nSPS) is 20.0. The average molecular weight is 543 g/mol. The Morgan fingerprint density at radius 3 is 2.80 bits per heavy atom. The molecule has 3 heterocycles. The van der Waals surface area contributed by atoms with E-state index in [4.69, 9.17) is 26.4 Å². The van der Waals surface area contributed by atoms with Gasteiger partial charge < -0.3 is 14.7 Å². The second kappa shape index (κ2) is 10.0. The van der Waals surface area contributed by atoms with Gasteiger partial charge in [-0.3, -0.25) is 9.79 Å². The van der Waals surface area contributed by atoms with E-state index in [9.17, 15) is 22.4 Å². The number of aliphatic imine (C=N–C) groups is 1. The number of nitrogens with zero attached hydrogens (tertiary/aromatic N) is 3. The van der Waals surface area contributed by atoms with E-state index in [2.05, 4.69) is 9.71 Å². The number of carboxylic acid groups (broad SMARTS) is 1. The number of esters is 1. The Hall–Kier alpha value is -2.87. The molecule has 4 rings (SSSR count). The van der Waals surface area contributed by atoms with E-state index in [0.717, 1.165) is 6.07 Å². The largest absolute Gasteiger partial charge is 0.480 e. The molecule has 1 fully saturated rings. The van der Waals surface area contributed by atoms with Crippen LogP contribution in [0.3, 0.4) is 0 Å². The highest BCUT2D eigenvalue weighted by atomic mass is 35.5. The third-order valence-electron chi connectivity index (χ3n) is 5.30. The van der Waals surface area contributed by atoms with Crippen LogP contribution >= 0.6 is 22.9 Å². The van der Waals surface area contributed by atoms with Gasteiger partial charge in [-0.25, -0.2) is 27.3 Å². The van der Waals surface area contributed by atoms with Crippen molar-refractivity contribution >= 4 is 50.7 Å². The molecule has 35 heavy (non-hydrogen) atoms. The molecular formula is C21H20ClFN4O6S2. The van der Waals surface area contributed by atoms with Gasteiger partial charge in [0.15, 0.2) is 16.6 Å². The van der Waals surface area contributed by atoms with E-state index >= 15 is 0 Å². The average Bonchev–Trinajstić information content (AvgIpc) is 3.41. The van der Waals surface area contributed by atoms with Crippen molar-refractivity contribution in [3.63, 3.8) is 0 Å². The van der Waals surface area contributed by atoms with Crippen molar-refractivity contribution < 1.29 is 32.2 Å². The van der Waals surface area contributed by atoms with E-state index in [-0.39, 0.29) is 30.2 Å². The van der Waals surface area contributed by atoms with Crippen LogP contribution in [0, 0.1) is 5.82 Å². The molecule has 0 bridgehead atoms. The molecule has 2 N–H and O–H groups in total. The van der Waals surface area contributed by atoms with Crippen LogP contribution in [-0.2, 0) is 24.3 Å². The Morgan fingerprint density at radius 1 is 1.40 bits per heavy atom. The van der Waals surface area contributed by atoms with Crippen LogP contribution in [0.2, 0.25) is 5.02 Å². The Morgan fingerprint density at radius 2 is 2.17 bits per heavy atom. The van der Waals surface area contributed by atoms with Crippen LogP contribution in [0.1, 0.15) is 30.0 Å². The van der Waals surface area contributed by atoms with E-state index in [1.165, 1.54) is 23.5 Å². The SMILES string of the molecule is CCOC(=O)C1=C2C[C@H](NS(=O)(=O)CC(=O)O)CN2C(c2nccs2)=N[C@H]1c1ccc(F)cc1Cl. The third kappa shape index (κ3) is 5.37. The molecule has 1 aromatic carbocycles. The minimum atomic E-state index is -4.13. The van der Waals surface area contributed by atoms with Gasteiger partial charge in [0, 0.05) is 46.9 Å². The van der Waals surface area contributed by atoms with Crippen molar-refractivity contribution in [3.05, 3.63) is 62.5 Å². The summed E-state index contributed by atoms with van der Waals surface area (Å²) in [4.78, 5) is 34.8. The Kier molecular flexibility index (Phi) is 7.22. The molecule has 2 aliphatic rings. The molecule has 1 saturated heterocycles. The maximum atomic E-state index is 13.8. The molecule has 186 valence electrons. The van der Waals surface area contributed by atoms with Crippen molar-refractivity contribution in [2.45, 2.75) is 25.4 Å². The van der Waals surface area contributed by atoms with Crippen LogP contribution < -0.4 is 4.72 Å². The van der Waals surface area contributed by atoms with E-state index in [1.807, 2.05) is 0 Å². The van der Waals surface area contributed by atoms with Crippen molar-refractivity contribution in [1.29, 1.82) is 0 Å². The zero-order valence-electron chi connectivity index (χ0n) is 18.3. The summed E-state index contributed by atoms with van der Waals surface area (Å²) in [5.41, 5.74) is 0.949. The lowest BCUT2D eigenvalue weighted by Gasteiger charge is -2.31. The summed E-state index contributed by atoms with van der Waals surface area (Å²) in [6.45, 7) is 1.81. The van der Waals surface area contributed by atoms with Gasteiger partial charge in [-0.1, -0.05) is 17.7 Å². The molecule has 2 aromatic rings. The molecule has 0 aliphatic carbocycles. The summed E-state index contributed by atoms with van der Waals surface area (Å²) < 4.78 is 46.0. The van der Waals surface area contributed by atoms with Gasteiger partial charge in [0.25, 0.3) is 0 Å². The van der Waals surface area contributed by atoms with Crippen molar-refractivity contribution in [1.82, 2.24) is 14.6 Å². The molecule has 14 heteroatoms. The predicted molar refractivity (Wildman–Crippen MR) is 126 cm³/mol. The minimum absolute atomic E-state index is 0.0600. The van der Waals surface area contributed by atoms with Crippen LogP contribution in [0.5, 0.6) is 0 Å². The number of carboxylic acids is 1. The lowest BCUT2D eigenvalue weighted by Crippen LogP contribution is -2.41. The summed E-state index contributed by atoms with van der Waals surface area (Å²) in [7, 11) is -4.13. The number of nitrogens with one attached hydrogen (secondary N) is 1. The molecule has 2 aliphatic heterocycles. The second-order valence-electron chi connectivity index (χ2n) is 7.72. The third-order valence-corrected chi connectivity index (χ3v) is 7.71.